The molecule has 0 heterocycles. The number of halogens is 1. The molecule has 0 saturated heterocycles. The van der Waals surface area contributed by atoms with Crippen LogP contribution >= 0.6 is 0 Å². The molecular formula is C23H23FN2O5S. The lowest BCUT2D eigenvalue weighted by atomic mass is 10.2. The first kappa shape index (κ1) is 23.1. The summed E-state index contributed by atoms with van der Waals surface area (Å²) in [6, 6.07) is 16.0. The van der Waals surface area contributed by atoms with Gasteiger partial charge in [0.1, 0.15) is 12.4 Å². The fourth-order valence-corrected chi connectivity index (χ4v) is 4.43. The number of carbonyl (C=O) groups is 1. The van der Waals surface area contributed by atoms with Crippen LogP contribution in [0.4, 0.5) is 15.8 Å². The zero-order chi connectivity index (χ0) is 23.3. The maximum Gasteiger partial charge on any atom is 0.264 e. The van der Waals surface area contributed by atoms with Gasteiger partial charge in [-0.25, -0.2) is 12.8 Å². The van der Waals surface area contributed by atoms with Crippen LogP contribution < -0.4 is 19.1 Å². The van der Waals surface area contributed by atoms with Crippen LogP contribution in [0.5, 0.6) is 11.5 Å². The zero-order valence-corrected chi connectivity index (χ0v) is 18.6. The minimum Gasteiger partial charge on any atom is -0.493 e. The van der Waals surface area contributed by atoms with Gasteiger partial charge >= 0.3 is 0 Å². The second-order valence-corrected chi connectivity index (χ2v) is 8.78. The smallest absolute Gasteiger partial charge is 0.264 e. The van der Waals surface area contributed by atoms with Crippen molar-refractivity contribution < 1.29 is 27.1 Å². The van der Waals surface area contributed by atoms with E-state index in [2.05, 4.69) is 5.32 Å². The molecule has 1 amide bonds. The average Bonchev–Trinajstić information content (AvgIpc) is 2.78. The second kappa shape index (κ2) is 9.69. The Morgan fingerprint density at radius 1 is 0.938 bits per heavy atom. The third-order valence-corrected chi connectivity index (χ3v) is 6.47. The largest absolute Gasteiger partial charge is 0.493 e. The molecule has 168 valence electrons. The van der Waals surface area contributed by atoms with E-state index in [1.807, 2.05) is 6.92 Å². The molecule has 9 heteroatoms. The molecule has 0 aliphatic carbocycles. The van der Waals surface area contributed by atoms with Gasteiger partial charge < -0.3 is 14.8 Å². The first-order chi connectivity index (χ1) is 15.2. The first-order valence-electron chi connectivity index (χ1n) is 9.61. The fourth-order valence-electron chi connectivity index (χ4n) is 3.00. The van der Waals surface area contributed by atoms with Crippen LogP contribution in [0, 0.1) is 12.7 Å². The minimum atomic E-state index is -4.09. The standard InChI is InChI=1S/C23H23FN2O5S/c1-16-4-11-20(12-5-16)32(28,29)26(19-9-6-17(24)7-10-19)15-23(27)25-18-8-13-21(30-2)22(14-18)31-3/h4-14H,15H2,1-3H3,(H,25,27). The van der Waals surface area contributed by atoms with Gasteiger partial charge in [0, 0.05) is 11.8 Å². The number of aryl methyl sites for hydroxylation is 1. The Morgan fingerprint density at radius 3 is 2.16 bits per heavy atom. The molecule has 3 aromatic carbocycles. The summed E-state index contributed by atoms with van der Waals surface area (Å²) in [6.07, 6.45) is 0. The molecule has 0 saturated carbocycles. The summed E-state index contributed by atoms with van der Waals surface area (Å²) in [5.41, 5.74) is 1.46. The Morgan fingerprint density at radius 2 is 1.56 bits per heavy atom. The van der Waals surface area contributed by atoms with Crippen molar-refractivity contribution in [2.75, 3.05) is 30.4 Å². The van der Waals surface area contributed by atoms with E-state index in [0.29, 0.717) is 17.2 Å². The molecule has 1 N–H and O–H groups in total. The minimum absolute atomic E-state index is 0.0198. The number of sulfonamides is 1. The van der Waals surface area contributed by atoms with Crippen LogP contribution in [-0.4, -0.2) is 35.1 Å². The molecule has 0 radical (unpaired) electrons. The number of amides is 1. The lowest BCUT2D eigenvalue weighted by Gasteiger charge is -2.24. The van der Waals surface area contributed by atoms with Crippen molar-refractivity contribution in [3.05, 3.63) is 78.1 Å². The Balaban J connectivity index is 1.91. The molecule has 0 spiro atoms. The molecule has 32 heavy (non-hydrogen) atoms. The molecule has 0 aliphatic heterocycles. The molecule has 3 rings (SSSR count). The van der Waals surface area contributed by atoms with E-state index in [-0.39, 0.29) is 10.6 Å². The van der Waals surface area contributed by atoms with Gasteiger partial charge in [-0.05, 0) is 55.5 Å². The van der Waals surface area contributed by atoms with Crippen molar-refractivity contribution in [1.29, 1.82) is 0 Å². The maximum atomic E-state index is 13.4. The Hall–Kier alpha value is -3.59. The van der Waals surface area contributed by atoms with Crippen LogP contribution in [0.15, 0.2) is 71.6 Å². The summed E-state index contributed by atoms with van der Waals surface area (Å²) in [6.45, 7) is 1.32. The van der Waals surface area contributed by atoms with E-state index in [9.17, 15) is 17.6 Å². The predicted octanol–water partition coefficient (Wildman–Crippen LogP) is 3.99. The summed E-state index contributed by atoms with van der Waals surface area (Å²) in [5.74, 6) is -0.207. The van der Waals surface area contributed by atoms with Gasteiger partial charge in [0.25, 0.3) is 10.0 Å². The van der Waals surface area contributed by atoms with E-state index in [4.69, 9.17) is 9.47 Å². The summed E-state index contributed by atoms with van der Waals surface area (Å²) in [5, 5.41) is 2.66. The summed E-state index contributed by atoms with van der Waals surface area (Å²) in [7, 11) is -1.13. The monoisotopic (exact) mass is 458 g/mol. The SMILES string of the molecule is COc1ccc(NC(=O)CN(c2ccc(F)cc2)S(=O)(=O)c2ccc(C)cc2)cc1OC. The van der Waals surface area contributed by atoms with E-state index >= 15 is 0 Å². The quantitative estimate of drug-likeness (QED) is 0.552. The van der Waals surface area contributed by atoms with Gasteiger partial charge in [0.2, 0.25) is 5.91 Å². The molecule has 3 aromatic rings. The van der Waals surface area contributed by atoms with E-state index < -0.39 is 28.3 Å². The van der Waals surface area contributed by atoms with Crippen molar-refractivity contribution in [1.82, 2.24) is 0 Å². The van der Waals surface area contributed by atoms with Crippen LogP contribution in [0.25, 0.3) is 0 Å². The van der Waals surface area contributed by atoms with Gasteiger partial charge in [0.15, 0.2) is 11.5 Å². The number of hydrogen-bond acceptors (Lipinski definition) is 5. The van der Waals surface area contributed by atoms with Crippen molar-refractivity contribution >= 4 is 27.3 Å². The van der Waals surface area contributed by atoms with Gasteiger partial charge in [-0.1, -0.05) is 17.7 Å². The molecule has 0 aromatic heterocycles. The molecule has 0 unspecified atom stereocenters. The third-order valence-electron chi connectivity index (χ3n) is 4.68. The Labute approximate surface area is 186 Å². The van der Waals surface area contributed by atoms with E-state index in [0.717, 1.165) is 22.0 Å². The third kappa shape index (κ3) is 5.17. The Kier molecular flexibility index (Phi) is 6.99. The number of hydrogen-bond donors (Lipinski definition) is 1. The van der Waals surface area contributed by atoms with Gasteiger partial charge in [-0.15, -0.1) is 0 Å². The predicted molar refractivity (Wildman–Crippen MR) is 120 cm³/mol. The number of nitrogens with one attached hydrogen (secondary N) is 1. The highest BCUT2D eigenvalue weighted by Gasteiger charge is 2.27. The normalized spacial score (nSPS) is 11.0. The highest BCUT2D eigenvalue weighted by molar-refractivity contribution is 7.92. The number of nitrogens with zero attached hydrogens (tertiary/aromatic N) is 1. The molecular weight excluding hydrogens is 435 g/mol. The van der Waals surface area contributed by atoms with E-state index in [1.54, 1.807) is 30.3 Å². The number of carbonyl (C=O) groups excluding carboxylic acids is 1. The number of ether oxygens (including phenoxy) is 2. The van der Waals surface area contributed by atoms with Gasteiger partial charge in [-0.3, -0.25) is 9.10 Å². The highest BCUT2D eigenvalue weighted by Crippen LogP contribution is 2.30. The average molecular weight is 459 g/mol. The second-order valence-electron chi connectivity index (χ2n) is 6.92. The number of anilines is 2. The fraction of sp³-hybridized carbons (Fsp3) is 0.174. The number of benzene rings is 3. The van der Waals surface area contributed by atoms with Crippen LogP contribution in [0.2, 0.25) is 0 Å². The molecule has 0 bridgehead atoms. The number of methoxy groups -OCH3 is 2. The lowest BCUT2D eigenvalue weighted by molar-refractivity contribution is -0.114. The van der Waals surface area contributed by atoms with Crippen molar-refractivity contribution in [3.63, 3.8) is 0 Å². The maximum absolute atomic E-state index is 13.4. The van der Waals surface area contributed by atoms with Gasteiger partial charge in [0.05, 0.1) is 24.8 Å². The van der Waals surface area contributed by atoms with Crippen LogP contribution in [0.3, 0.4) is 0 Å². The van der Waals surface area contributed by atoms with Crippen molar-refractivity contribution in [2.24, 2.45) is 0 Å². The Bertz CT molecular complexity index is 1200. The lowest BCUT2D eigenvalue weighted by Crippen LogP contribution is -2.38. The molecule has 0 fully saturated rings. The molecule has 0 atom stereocenters. The zero-order valence-electron chi connectivity index (χ0n) is 17.8. The van der Waals surface area contributed by atoms with Gasteiger partial charge in [-0.2, -0.15) is 0 Å². The van der Waals surface area contributed by atoms with Crippen molar-refractivity contribution in [2.45, 2.75) is 11.8 Å². The summed E-state index contributed by atoms with van der Waals surface area (Å²) >= 11 is 0. The number of rotatable bonds is 8. The van der Waals surface area contributed by atoms with Crippen LogP contribution in [0.1, 0.15) is 5.56 Å². The molecule has 7 nitrogen and oxygen atoms in total. The highest BCUT2D eigenvalue weighted by atomic mass is 32.2. The van der Waals surface area contributed by atoms with Crippen LogP contribution in [-0.2, 0) is 14.8 Å². The van der Waals surface area contributed by atoms with Crippen molar-refractivity contribution in [3.8, 4) is 11.5 Å². The first-order valence-corrected chi connectivity index (χ1v) is 11.1. The topological polar surface area (TPSA) is 84.9 Å². The summed E-state index contributed by atoms with van der Waals surface area (Å²) < 4.78 is 51.4. The molecule has 0 aliphatic rings. The summed E-state index contributed by atoms with van der Waals surface area (Å²) in [4.78, 5) is 12.8. The van der Waals surface area contributed by atoms with E-state index in [1.165, 1.54) is 38.5 Å².